The Morgan fingerprint density at radius 2 is 1.81 bits per heavy atom. The summed E-state index contributed by atoms with van der Waals surface area (Å²) in [5.74, 6) is -1.22. The predicted octanol–water partition coefficient (Wildman–Crippen LogP) is -0.396. The van der Waals surface area contributed by atoms with Crippen molar-refractivity contribution in [2.24, 2.45) is 11.5 Å². The van der Waals surface area contributed by atoms with Crippen LogP contribution in [-0.2, 0) is 23.8 Å². The van der Waals surface area contributed by atoms with Gasteiger partial charge < -0.3 is 41.2 Å². The summed E-state index contributed by atoms with van der Waals surface area (Å²) in [6.45, 7) is 2.24. The minimum atomic E-state index is -1.22. The standard InChI is InChI=1S/C22H32ClN7O7/c1-10(24)19(33)36-14-12(7-31)35-18(15(14)37-20(34)11(2)25)30-9-26-13-16(27-21(23)28-17(13)30)29-22(8-32)5-3-4-6-22/h9-12,14-15,18,31-32H,3-8,24-25H2,1-2H3,(H,27,28,29)/t10-,11-,12+,14+,15+,18+/m0/s1. The monoisotopic (exact) mass is 541 g/mol. The number of hydrogen-bond donors (Lipinski definition) is 5. The molecule has 204 valence electrons. The van der Waals surface area contributed by atoms with Gasteiger partial charge in [-0.25, -0.2) is 4.98 Å². The van der Waals surface area contributed by atoms with Gasteiger partial charge in [0.15, 0.2) is 35.4 Å². The van der Waals surface area contributed by atoms with Crippen LogP contribution in [0.3, 0.4) is 0 Å². The van der Waals surface area contributed by atoms with Gasteiger partial charge in [-0.15, -0.1) is 0 Å². The van der Waals surface area contributed by atoms with Gasteiger partial charge in [-0.3, -0.25) is 14.2 Å². The van der Waals surface area contributed by atoms with E-state index in [1.54, 1.807) is 0 Å². The minimum absolute atomic E-state index is 0.0939. The summed E-state index contributed by atoms with van der Waals surface area (Å²) in [7, 11) is 0. The first-order valence-electron chi connectivity index (χ1n) is 12.1. The molecule has 0 unspecified atom stereocenters. The second kappa shape index (κ2) is 11.0. The molecule has 2 aromatic heterocycles. The third-order valence-corrected chi connectivity index (χ3v) is 6.80. The Bertz CT molecular complexity index is 1140. The number of carbonyl (C=O) groups is 2. The first-order valence-corrected chi connectivity index (χ1v) is 12.4. The third-order valence-electron chi connectivity index (χ3n) is 6.63. The normalized spacial score (nSPS) is 26.7. The van der Waals surface area contributed by atoms with Gasteiger partial charge in [0.05, 0.1) is 25.1 Å². The van der Waals surface area contributed by atoms with Crippen LogP contribution >= 0.6 is 11.6 Å². The molecule has 0 bridgehead atoms. The van der Waals surface area contributed by atoms with Crippen molar-refractivity contribution in [3.05, 3.63) is 11.6 Å². The second-order valence-electron chi connectivity index (χ2n) is 9.56. The molecule has 1 aliphatic heterocycles. The zero-order valence-corrected chi connectivity index (χ0v) is 21.3. The van der Waals surface area contributed by atoms with E-state index in [0.717, 1.165) is 25.7 Å². The van der Waals surface area contributed by atoms with E-state index in [1.807, 2.05) is 0 Å². The molecule has 15 heteroatoms. The summed E-state index contributed by atoms with van der Waals surface area (Å²) in [4.78, 5) is 37.8. The fourth-order valence-electron chi connectivity index (χ4n) is 4.62. The molecule has 2 aromatic rings. The molecular formula is C22H32ClN7O7. The number of aliphatic hydroxyl groups excluding tert-OH is 2. The van der Waals surface area contributed by atoms with Crippen LogP contribution in [0.5, 0.6) is 0 Å². The molecule has 14 nitrogen and oxygen atoms in total. The average molecular weight is 542 g/mol. The Balaban J connectivity index is 1.74. The minimum Gasteiger partial charge on any atom is -0.454 e. The Morgan fingerprint density at radius 3 is 2.38 bits per heavy atom. The lowest BCUT2D eigenvalue weighted by Gasteiger charge is -2.28. The smallest absolute Gasteiger partial charge is 0.323 e. The number of fused-ring (bicyclic) bond motifs is 1. The number of carbonyl (C=O) groups excluding carboxylic acids is 2. The zero-order valence-electron chi connectivity index (χ0n) is 20.5. The lowest BCUT2D eigenvalue weighted by Crippen LogP contribution is -2.45. The van der Waals surface area contributed by atoms with Crippen LogP contribution in [0.15, 0.2) is 6.33 Å². The third kappa shape index (κ3) is 5.49. The van der Waals surface area contributed by atoms with E-state index >= 15 is 0 Å². The van der Waals surface area contributed by atoms with E-state index in [-0.39, 0.29) is 17.5 Å². The van der Waals surface area contributed by atoms with E-state index in [9.17, 15) is 19.8 Å². The van der Waals surface area contributed by atoms with Crippen molar-refractivity contribution < 1.29 is 34.0 Å². The number of nitrogens with one attached hydrogen (secondary N) is 1. The van der Waals surface area contributed by atoms with Crippen molar-refractivity contribution in [3.63, 3.8) is 0 Å². The number of anilines is 1. The molecule has 1 saturated heterocycles. The topological polar surface area (TPSA) is 210 Å². The zero-order chi connectivity index (χ0) is 26.9. The molecule has 3 heterocycles. The Labute approximate surface area is 217 Å². The van der Waals surface area contributed by atoms with Crippen LogP contribution in [0, 0.1) is 0 Å². The van der Waals surface area contributed by atoms with Crippen LogP contribution in [0.25, 0.3) is 11.2 Å². The number of hydrogen-bond acceptors (Lipinski definition) is 13. The number of nitrogens with zero attached hydrogens (tertiary/aromatic N) is 4. The highest BCUT2D eigenvalue weighted by Gasteiger charge is 2.51. The first kappa shape index (κ1) is 27.4. The largest absolute Gasteiger partial charge is 0.454 e. The molecule has 2 aliphatic rings. The fraction of sp³-hybridized carbons (Fsp3) is 0.682. The molecule has 37 heavy (non-hydrogen) atoms. The molecule has 0 amide bonds. The van der Waals surface area contributed by atoms with Gasteiger partial charge in [-0.05, 0) is 38.3 Å². The number of esters is 2. The lowest BCUT2D eigenvalue weighted by molar-refractivity contribution is -0.169. The molecule has 0 spiro atoms. The van der Waals surface area contributed by atoms with Crippen LogP contribution in [-0.4, -0.2) is 90.8 Å². The van der Waals surface area contributed by atoms with Crippen LogP contribution in [0.1, 0.15) is 45.8 Å². The molecule has 4 rings (SSSR count). The van der Waals surface area contributed by atoms with Gasteiger partial charge in [0.1, 0.15) is 18.2 Å². The number of imidazole rings is 1. The number of ether oxygens (including phenoxy) is 3. The highest BCUT2D eigenvalue weighted by Crippen LogP contribution is 2.38. The van der Waals surface area contributed by atoms with Gasteiger partial charge in [-0.1, -0.05) is 12.8 Å². The van der Waals surface area contributed by atoms with Crippen molar-refractivity contribution in [1.29, 1.82) is 0 Å². The summed E-state index contributed by atoms with van der Waals surface area (Å²) >= 11 is 6.25. The highest BCUT2D eigenvalue weighted by molar-refractivity contribution is 6.28. The Morgan fingerprint density at radius 1 is 1.19 bits per heavy atom. The molecule has 0 radical (unpaired) electrons. The van der Waals surface area contributed by atoms with Gasteiger partial charge in [0.25, 0.3) is 0 Å². The highest BCUT2D eigenvalue weighted by atomic mass is 35.5. The van der Waals surface area contributed by atoms with E-state index in [2.05, 4.69) is 20.3 Å². The van der Waals surface area contributed by atoms with Gasteiger partial charge >= 0.3 is 11.9 Å². The fourth-order valence-corrected chi connectivity index (χ4v) is 4.78. The molecule has 1 aliphatic carbocycles. The van der Waals surface area contributed by atoms with Gasteiger partial charge in [0, 0.05) is 0 Å². The molecule has 6 atom stereocenters. The lowest BCUT2D eigenvalue weighted by atomic mass is 9.99. The second-order valence-corrected chi connectivity index (χ2v) is 9.90. The maximum atomic E-state index is 12.5. The Hall–Kier alpha value is -2.62. The van der Waals surface area contributed by atoms with Crippen molar-refractivity contribution >= 4 is 40.5 Å². The summed E-state index contributed by atoms with van der Waals surface area (Å²) in [6.07, 6.45) is 0.211. The number of aliphatic hydroxyl groups is 2. The Kier molecular flexibility index (Phi) is 8.16. The van der Waals surface area contributed by atoms with Gasteiger partial charge in [-0.2, -0.15) is 9.97 Å². The summed E-state index contributed by atoms with van der Waals surface area (Å²) in [6, 6.07) is -1.95. The van der Waals surface area contributed by atoms with Crippen molar-refractivity contribution in [3.8, 4) is 0 Å². The van der Waals surface area contributed by atoms with Crippen molar-refractivity contribution in [1.82, 2.24) is 19.5 Å². The quantitative estimate of drug-likeness (QED) is 0.202. The van der Waals surface area contributed by atoms with Gasteiger partial charge in [0.2, 0.25) is 5.28 Å². The molecule has 1 saturated carbocycles. The van der Waals surface area contributed by atoms with E-state index in [0.29, 0.717) is 11.3 Å². The van der Waals surface area contributed by atoms with Crippen LogP contribution in [0.2, 0.25) is 5.28 Å². The number of rotatable bonds is 9. The molecular weight excluding hydrogens is 510 g/mol. The first-order chi connectivity index (χ1) is 17.6. The summed E-state index contributed by atoms with van der Waals surface area (Å²) < 4.78 is 18.5. The van der Waals surface area contributed by atoms with E-state index in [4.69, 9.17) is 37.3 Å². The average Bonchev–Trinajstić information content (AvgIpc) is 3.57. The van der Waals surface area contributed by atoms with E-state index < -0.39 is 60.7 Å². The van der Waals surface area contributed by atoms with Crippen LogP contribution in [0.4, 0.5) is 5.82 Å². The molecule has 2 fully saturated rings. The summed E-state index contributed by atoms with van der Waals surface area (Å²) in [5, 5.41) is 23.2. The predicted molar refractivity (Wildman–Crippen MR) is 130 cm³/mol. The number of aromatic nitrogens is 4. The number of halogens is 1. The SMILES string of the molecule is C[C@H](N)C(=O)O[C@@H]1[C@H](OC(=O)[C@H](C)N)[C@@H](CO)O[C@H]1n1cnc2c(NC3(CO)CCCC3)nc(Cl)nc21. The molecule has 7 N–H and O–H groups in total. The molecule has 0 aromatic carbocycles. The summed E-state index contributed by atoms with van der Waals surface area (Å²) in [5.41, 5.74) is 11.3. The number of nitrogens with two attached hydrogens (primary N) is 2. The maximum Gasteiger partial charge on any atom is 0.323 e. The van der Waals surface area contributed by atoms with E-state index in [1.165, 1.54) is 24.7 Å². The van der Waals surface area contributed by atoms with Crippen molar-refractivity contribution in [2.45, 2.75) is 81.7 Å². The van der Waals surface area contributed by atoms with Crippen molar-refractivity contribution in [2.75, 3.05) is 18.5 Å². The maximum absolute atomic E-state index is 12.5. The van der Waals surface area contributed by atoms with Crippen LogP contribution < -0.4 is 16.8 Å².